The van der Waals surface area contributed by atoms with E-state index in [0.717, 1.165) is 4.47 Å². The van der Waals surface area contributed by atoms with Crippen molar-refractivity contribution in [1.82, 2.24) is 5.43 Å². The molecule has 0 aliphatic heterocycles. The van der Waals surface area contributed by atoms with Crippen molar-refractivity contribution < 1.29 is 19.1 Å². The van der Waals surface area contributed by atoms with E-state index in [1.165, 1.54) is 13.3 Å². The molecule has 0 saturated carbocycles. The van der Waals surface area contributed by atoms with Gasteiger partial charge < -0.3 is 9.47 Å². The van der Waals surface area contributed by atoms with Crippen molar-refractivity contribution in [3.8, 4) is 11.5 Å². The molecule has 0 spiro atoms. The quantitative estimate of drug-likeness (QED) is 0.227. The Hall–Kier alpha value is -3.16. The summed E-state index contributed by atoms with van der Waals surface area (Å²) in [6.07, 6.45) is 1.39. The molecule has 0 aliphatic carbocycles. The van der Waals surface area contributed by atoms with E-state index in [1.54, 1.807) is 66.7 Å². The third-order valence-electron chi connectivity index (χ3n) is 3.97. The van der Waals surface area contributed by atoms with Gasteiger partial charge in [-0.25, -0.2) is 10.2 Å². The largest absolute Gasteiger partial charge is 0.497 e. The number of methoxy groups -OCH3 is 1. The van der Waals surface area contributed by atoms with Crippen LogP contribution in [0, 0.1) is 0 Å². The molecule has 0 fully saturated rings. The van der Waals surface area contributed by atoms with Crippen LogP contribution in [-0.4, -0.2) is 25.2 Å². The fraction of sp³-hybridized carbons (Fsp3) is 0.0455. The number of hydrazone groups is 1. The van der Waals surface area contributed by atoms with Crippen molar-refractivity contribution in [1.29, 1.82) is 0 Å². The summed E-state index contributed by atoms with van der Waals surface area (Å²) < 4.78 is 11.3. The highest BCUT2D eigenvalue weighted by Gasteiger charge is 2.14. The predicted octanol–water partition coefficient (Wildman–Crippen LogP) is 5.09. The fourth-order valence-corrected chi connectivity index (χ4v) is 3.08. The van der Waals surface area contributed by atoms with Crippen molar-refractivity contribution >= 4 is 45.6 Å². The molecule has 0 saturated heterocycles. The first-order chi connectivity index (χ1) is 14.5. The van der Waals surface area contributed by atoms with E-state index >= 15 is 0 Å². The molecule has 3 aromatic carbocycles. The lowest BCUT2D eigenvalue weighted by molar-refractivity contribution is 0.0734. The summed E-state index contributed by atoms with van der Waals surface area (Å²) in [6, 6.07) is 18.3. The Morgan fingerprint density at radius 3 is 2.63 bits per heavy atom. The Balaban J connectivity index is 1.75. The third-order valence-corrected chi connectivity index (χ3v) is 4.79. The Kier molecular flexibility index (Phi) is 7.21. The van der Waals surface area contributed by atoms with Gasteiger partial charge in [0.25, 0.3) is 5.91 Å². The van der Waals surface area contributed by atoms with Crippen LogP contribution in [-0.2, 0) is 0 Å². The van der Waals surface area contributed by atoms with Crippen LogP contribution < -0.4 is 14.9 Å². The lowest BCUT2D eigenvalue weighted by Crippen LogP contribution is -2.17. The second-order valence-corrected chi connectivity index (χ2v) is 7.31. The lowest BCUT2D eigenvalue weighted by Gasteiger charge is -2.09. The fourth-order valence-electron chi connectivity index (χ4n) is 2.48. The summed E-state index contributed by atoms with van der Waals surface area (Å²) in [7, 11) is 1.52. The van der Waals surface area contributed by atoms with Gasteiger partial charge in [-0.3, -0.25) is 4.79 Å². The van der Waals surface area contributed by atoms with Crippen LogP contribution in [0.3, 0.4) is 0 Å². The maximum absolute atomic E-state index is 12.5. The first-order valence-electron chi connectivity index (χ1n) is 8.71. The van der Waals surface area contributed by atoms with Crippen LogP contribution in [0.5, 0.6) is 11.5 Å². The molecule has 152 valence electrons. The number of benzene rings is 3. The highest BCUT2D eigenvalue weighted by Crippen LogP contribution is 2.24. The van der Waals surface area contributed by atoms with Crippen LogP contribution in [0.2, 0.25) is 5.02 Å². The van der Waals surface area contributed by atoms with E-state index in [9.17, 15) is 9.59 Å². The van der Waals surface area contributed by atoms with Crippen LogP contribution in [0.25, 0.3) is 0 Å². The van der Waals surface area contributed by atoms with Crippen molar-refractivity contribution in [3.05, 3.63) is 92.9 Å². The molecule has 0 radical (unpaired) electrons. The number of esters is 1. The number of amides is 1. The minimum Gasteiger partial charge on any atom is -0.497 e. The number of carbonyl (C=O) groups is 2. The van der Waals surface area contributed by atoms with E-state index in [-0.39, 0.29) is 11.3 Å². The minimum atomic E-state index is -0.599. The van der Waals surface area contributed by atoms with Gasteiger partial charge in [0.05, 0.1) is 23.9 Å². The third kappa shape index (κ3) is 5.46. The second-order valence-electron chi connectivity index (χ2n) is 5.98. The zero-order valence-corrected chi connectivity index (χ0v) is 18.1. The lowest BCUT2D eigenvalue weighted by atomic mass is 10.2. The van der Waals surface area contributed by atoms with Crippen LogP contribution in [0.15, 0.2) is 76.3 Å². The van der Waals surface area contributed by atoms with Gasteiger partial charge in [-0.2, -0.15) is 5.10 Å². The summed E-state index contributed by atoms with van der Waals surface area (Å²) >= 11 is 9.43. The first kappa shape index (κ1) is 21.5. The van der Waals surface area contributed by atoms with Crippen molar-refractivity contribution in [2.24, 2.45) is 5.10 Å². The van der Waals surface area contributed by atoms with E-state index in [1.807, 2.05) is 0 Å². The smallest absolute Gasteiger partial charge is 0.345 e. The van der Waals surface area contributed by atoms with Gasteiger partial charge >= 0.3 is 5.97 Å². The van der Waals surface area contributed by atoms with E-state index in [2.05, 4.69) is 26.5 Å². The summed E-state index contributed by atoms with van der Waals surface area (Å²) in [5.41, 5.74) is 3.56. The normalized spacial score (nSPS) is 10.6. The number of nitrogens with one attached hydrogen (secondary N) is 1. The van der Waals surface area contributed by atoms with Crippen LogP contribution in [0.1, 0.15) is 26.3 Å². The molecule has 30 heavy (non-hydrogen) atoms. The number of carbonyl (C=O) groups excluding carboxylic acids is 2. The molecule has 6 nitrogen and oxygen atoms in total. The van der Waals surface area contributed by atoms with Gasteiger partial charge in [0, 0.05) is 15.6 Å². The molecule has 1 N–H and O–H groups in total. The Labute approximate surface area is 186 Å². The van der Waals surface area contributed by atoms with Gasteiger partial charge in [0.2, 0.25) is 0 Å². The predicted molar refractivity (Wildman–Crippen MR) is 119 cm³/mol. The molecule has 0 atom stereocenters. The molecule has 0 heterocycles. The monoisotopic (exact) mass is 486 g/mol. The maximum Gasteiger partial charge on any atom is 0.345 e. The Bertz CT molecular complexity index is 1120. The van der Waals surface area contributed by atoms with Gasteiger partial charge in [-0.05, 0) is 48.5 Å². The molecule has 0 unspecified atom stereocenters. The van der Waals surface area contributed by atoms with Crippen LogP contribution in [0.4, 0.5) is 0 Å². The van der Waals surface area contributed by atoms with Crippen molar-refractivity contribution in [2.75, 3.05) is 7.11 Å². The zero-order valence-electron chi connectivity index (χ0n) is 15.8. The number of ether oxygens (including phenoxy) is 2. The number of hydrogen-bond donors (Lipinski definition) is 1. The molecule has 0 aliphatic rings. The number of rotatable bonds is 6. The number of halogens is 2. The molecule has 0 aromatic heterocycles. The molecule has 3 rings (SSSR count). The standard InChI is InChI=1S/C22H16BrClN2O4/c1-29-17-6-4-5-14(12-17)21(27)26-25-13-15-11-16(23)9-10-20(15)30-22(28)18-7-2-3-8-19(18)24/h2-13H,1H3,(H,26,27)/b25-13+. The highest BCUT2D eigenvalue weighted by atomic mass is 79.9. The molecular formula is C22H16BrClN2O4. The van der Waals surface area contributed by atoms with E-state index in [4.69, 9.17) is 21.1 Å². The summed E-state index contributed by atoms with van der Waals surface area (Å²) in [6.45, 7) is 0. The zero-order chi connectivity index (χ0) is 21.5. The summed E-state index contributed by atoms with van der Waals surface area (Å²) in [4.78, 5) is 24.7. The highest BCUT2D eigenvalue weighted by molar-refractivity contribution is 9.10. The number of nitrogens with zero attached hydrogens (tertiary/aromatic N) is 1. The Morgan fingerprint density at radius 1 is 1.07 bits per heavy atom. The van der Waals surface area contributed by atoms with Gasteiger partial charge in [0.15, 0.2) is 0 Å². The topological polar surface area (TPSA) is 77.0 Å². The van der Waals surface area contributed by atoms with E-state index < -0.39 is 11.9 Å². The summed E-state index contributed by atoms with van der Waals surface area (Å²) in [5.74, 6) is -0.178. The average molecular weight is 488 g/mol. The molecule has 0 bridgehead atoms. The van der Waals surface area contributed by atoms with Crippen molar-refractivity contribution in [2.45, 2.75) is 0 Å². The minimum absolute atomic E-state index is 0.247. The molecule has 3 aromatic rings. The van der Waals surface area contributed by atoms with E-state index in [0.29, 0.717) is 21.9 Å². The number of hydrogen-bond acceptors (Lipinski definition) is 5. The van der Waals surface area contributed by atoms with Crippen LogP contribution >= 0.6 is 27.5 Å². The molecular weight excluding hydrogens is 472 g/mol. The Morgan fingerprint density at radius 2 is 1.87 bits per heavy atom. The second kappa shape index (κ2) is 10.0. The summed E-state index contributed by atoms with van der Waals surface area (Å²) in [5, 5.41) is 4.26. The van der Waals surface area contributed by atoms with Gasteiger partial charge in [-0.1, -0.05) is 45.7 Å². The SMILES string of the molecule is COc1cccc(C(=O)N/N=C/c2cc(Br)ccc2OC(=O)c2ccccc2Cl)c1. The van der Waals surface area contributed by atoms with Gasteiger partial charge in [0.1, 0.15) is 11.5 Å². The van der Waals surface area contributed by atoms with Crippen molar-refractivity contribution in [3.63, 3.8) is 0 Å². The maximum atomic E-state index is 12.5. The molecule has 8 heteroatoms. The average Bonchev–Trinajstić information content (AvgIpc) is 2.75. The first-order valence-corrected chi connectivity index (χ1v) is 9.89. The van der Waals surface area contributed by atoms with Gasteiger partial charge in [-0.15, -0.1) is 0 Å². The molecule has 1 amide bonds.